The van der Waals surface area contributed by atoms with E-state index in [2.05, 4.69) is 19.2 Å². The molecule has 0 aromatic heterocycles. The van der Waals surface area contributed by atoms with Crippen molar-refractivity contribution in [3.63, 3.8) is 0 Å². The van der Waals surface area contributed by atoms with Crippen molar-refractivity contribution < 1.29 is 14.2 Å². The lowest BCUT2D eigenvalue weighted by atomic mass is 9.72. The summed E-state index contributed by atoms with van der Waals surface area (Å²) in [4.78, 5) is 0. The van der Waals surface area contributed by atoms with Gasteiger partial charge in [0.05, 0.1) is 32.5 Å². The molecule has 2 unspecified atom stereocenters. The van der Waals surface area contributed by atoms with E-state index in [1.54, 1.807) is 7.11 Å². The number of methoxy groups -OCH3 is 1. The predicted molar refractivity (Wildman–Crippen MR) is 72.9 cm³/mol. The molecule has 0 bridgehead atoms. The topological polar surface area (TPSA) is 39.7 Å². The number of likely N-dealkylation sites (N-methyl/N-ethyl adjacent to an activating group) is 1. The molecule has 0 saturated heterocycles. The van der Waals surface area contributed by atoms with Crippen molar-refractivity contribution in [3.8, 4) is 0 Å². The monoisotopic (exact) mass is 259 g/mol. The summed E-state index contributed by atoms with van der Waals surface area (Å²) in [7, 11) is 3.71. The van der Waals surface area contributed by atoms with Gasteiger partial charge in [-0.2, -0.15) is 0 Å². The third-order valence-electron chi connectivity index (χ3n) is 3.83. The van der Waals surface area contributed by atoms with E-state index in [1.165, 1.54) is 12.8 Å². The summed E-state index contributed by atoms with van der Waals surface area (Å²) < 4.78 is 16.3. The number of nitrogens with one attached hydrogen (secondary N) is 1. The van der Waals surface area contributed by atoms with Crippen molar-refractivity contribution in [2.75, 3.05) is 40.6 Å². The zero-order valence-electron chi connectivity index (χ0n) is 12.3. The van der Waals surface area contributed by atoms with Crippen molar-refractivity contribution in [1.29, 1.82) is 0 Å². The van der Waals surface area contributed by atoms with E-state index >= 15 is 0 Å². The van der Waals surface area contributed by atoms with Crippen LogP contribution in [0, 0.1) is 5.41 Å². The van der Waals surface area contributed by atoms with Gasteiger partial charge < -0.3 is 19.5 Å². The SMILES string of the molecule is CNC1C(OCCOCCOC)CCCC1(C)C. The van der Waals surface area contributed by atoms with Gasteiger partial charge in [-0.25, -0.2) is 0 Å². The maximum Gasteiger partial charge on any atom is 0.0734 e. The van der Waals surface area contributed by atoms with Crippen molar-refractivity contribution in [1.82, 2.24) is 5.32 Å². The molecule has 108 valence electrons. The Bertz CT molecular complexity index is 221. The van der Waals surface area contributed by atoms with Crippen LogP contribution in [0.15, 0.2) is 0 Å². The fourth-order valence-electron chi connectivity index (χ4n) is 2.84. The Kier molecular flexibility index (Phi) is 7.15. The molecule has 0 aliphatic heterocycles. The van der Waals surface area contributed by atoms with Gasteiger partial charge in [-0.15, -0.1) is 0 Å². The summed E-state index contributed by atoms with van der Waals surface area (Å²) in [6, 6.07) is 0.435. The molecule has 1 aliphatic rings. The quantitative estimate of drug-likeness (QED) is 0.675. The maximum atomic E-state index is 5.97. The first-order valence-electron chi connectivity index (χ1n) is 6.97. The van der Waals surface area contributed by atoms with Gasteiger partial charge in [0.1, 0.15) is 0 Å². The lowest BCUT2D eigenvalue weighted by Crippen LogP contribution is -2.52. The number of hydrogen-bond donors (Lipinski definition) is 1. The van der Waals surface area contributed by atoms with Crippen LogP contribution in [0.25, 0.3) is 0 Å². The number of ether oxygens (including phenoxy) is 3. The van der Waals surface area contributed by atoms with Gasteiger partial charge in [-0.05, 0) is 25.3 Å². The van der Waals surface area contributed by atoms with Crippen molar-refractivity contribution in [2.24, 2.45) is 5.41 Å². The average Bonchev–Trinajstić information content (AvgIpc) is 2.32. The van der Waals surface area contributed by atoms with E-state index in [0.717, 1.165) is 6.42 Å². The van der Waals surface area contributed by atoms with Crippen LogP contribution in [0.1, 0.15) is 33.1 Å². The minimum Gasteiger partial charge on any atom is -0.382 e. The molecule has 18 heavy (non-hydrogen) atoms. The largest absolute Gasteiger partial charge is 0.382 e. The van der Waals surface area contributed by atoms with Crippen molar-refractivity contribution >= 4 is 0 Å². The molecule has 0 aromatic carbocycles. The Labute approximate surface area is 111 Å². The van der Waals surface area contributed by atoms with Crippen LogP contribution in [0.2, 0.25) is 0 Å². The number of rotatable bonds is 8. The Morgan fingerprint density at radius 2 is 1.89 bits per heavy atom. The molecular formula is C14H29NO3. The average molecular weight is 259 g/mol. The van der Waals surface area contributed by atoms with E-state index in [9.17, 15) is 0 Å². The van der Waals surface area contributed by atoms with E-state index in [0.29, 0.717) is 44.0 Å². The Morgan fingerprint density at radius 3 is 2.56 bits per heavy atom. The van der Waals surface area contributed by atoms with Crippen molar-refractivity contribution in [2.45, 2.75) is 45.3 Å². The highest BCUT2D eigenvalue weighted by atomic mass is 16.5. The lowest BCUT2D eigenvalue weighted by molar-refractivity contribution is -0.0572. The summed E-state index contributed by atoms with van der Waals surface area (Å²) in [5.74, 6) is 0. The van der Waals surface area contributed by atoms with E-state index in [1.807, 2.05) is 7.05 Å². The van der Waals surface area contributed by atoms with Crippen LogP contribution < -0.4 is 5.32 Å². The second-order valence-corrected chi connectivity index (χ2v) is 5.66. The Hall–Kier alpha value is -0.160. The molecule has 0 heterocycles. The molecule has 1 saturated carbocycles. The molecule has 1 N–H and O–H groups in total. The number of hydrogen-bond acceptors (Lipinski definition) is 4. The summed E-state index contributed by atoms with van der Waals surface area (Å²) in [6.07, 6.45) is 3.97. The molecule has 0 aromatic rings. The van der Waals surface area contributed by atoms with Crippen LogP contribution in [-0.2, 0) is 14.2 Å². The molecule has 1 rings (SSSR count). The Balaban J connectivity index is 2.23. The van der Waals surface area contributed by atoms with Gasteiger partial charge in [-0.1, -0.05) is 20.3 Å². The molecule has 0 amide bonds. The van der Waals surface area contributed by atoms with Crippen LogP contribution in [0.4, 0.5) is 0 Å². The fourth-order valence-corrected chi connectivity index (χ4v) is 2.84. The van der Waals surface area contributed by atoms with E-state index < -0.39 is 0 Å². The van der Waals surface area contributed by atoms with Crippen LogP contribution in [0.3, 0.4) is 0 Å². The third-order valence-corrected chi connectivity index (χ3v) is 3.83. The third kappa shape index (κ3) is 4.84. The molecule has 1 aliphatic carbocycles. The highest BCUT2D eigenvalue weighted by Gasteiger charge is 2.38. The summed E-state index contributed by atoms with van der Waals surface area (Å²) in [6.45, 7) is 7.25. The van der Waals surface area contributed by atoms with Gasteiger partial charge in [0.2, 0.25) is 0 Å². The maximum absolute atomic E-state index is 5.97. The lowest BCUT2D eigenvalue weighted by Gasteiger charge is -2.43. The second-order valence-electron chi connectivity index (χ2n) is 5.66. The van der Waals surface area contributed by atoms with Gasteiger partial charge in [0.25, 0.3) is 0 Å². The second kappa shape index (κ2) is 8.10. The van der Waals surface area contributed by atoms with Gasteiger partial charge in [-0.3, -0.25) is 0 Å². The Morgan fingerprint density at radius 1 is 1.17 bits per heavy atom. The van der Waals surface area contributed by atoms with E-state index in [-0.39, 0.29) is 0 Å². The highest BCUT2D eigenvalue weighted by molar-refractivity contribution is 4.93. The molecule has 1 fully saturated rings. The summed E-state index contributed by atoms with van der Waals surface area (Å²) >= 11 is 0. The smallest absolute Gasteiger partial charge is 0.0734 e. The molecule has 4 heteroatoms. The zero-order valence-corrected chi connectivity index (χ0v) is 12.3. The van der Waals surface area contributed by atoms with Crippen molar-refractivity contribution in [3.05, 3.63) is 0 Å². The fraction of sp³-hybridized carbons (Fsp3) is 1.00. The minimum absolute atomic E-state index is 0.310. The normalized spacial score (nSPS) is 27.3. The van der Waals surface area contributed by atoms with Gasteiger partial charge in [0.15, 0.2) is 0 Å². The molecule has 2 atom stereocenters. The predicted octanol–water partition coefficient (Wildman–Crippen LogP) is 1.83. The molecular weight excluding hydrogens is 230 g/mol. The van der Waals surface area contributed by atoms with Gasteiger partial charge in [0, 0.05) is 13.2 Å². The van der Waals surface area contributed by atoms with Crippen LogP contribution >= 0.6 is 0 Å². The van der Waals surface area contributed by atoms with E-state index in [4.69, 9.17) is 14.2 Å². The van der Waals surface area contributed by atoms with Crippen LogP contribution in [0.5, 0.6) is 0 Å². The first-order chi connectivity index (χ1) is 8.61. The molecule has 0 radical (unpaired) electrons. The molecule has 4 nitrogen and oxygen atoms in total. The highest BCUT2D eigenvalue weighted by Crippen LogP contribution is 2.36. The first-order valence-corrected chi connectivity index (χ1v) is 6.97. The standard InChI is InChI=1S/C14H29NO3/c1-14(2)7-5-6-12(13(14)15-3)18-11-10-17-9-8-16-4/h12-13,15H,5-11H2,1-4H3. The summed E-state index contributed by atoms with van der Waals surface area (Å²) in [5.41, 5.74) is 0.314. The van der Waals surface area contributed by atoms with Gasteiger partial charge >= 0.3 is 0 Å². The first kappa shape index (κ1) is 15.9. The van der Waals surface area contributed by atoms with Crippen LogP contribution in [-0.4, -0.2) is 52.7 Å². The molecule has 0 spiro atoms. The summed E-state index contributed by atoms with van der Waals surface area (Å²) in [5, 5.41) is 3.42. The zero-order chi connectivity index (χ0) is 13.4. The minimum atomic E-state index is 0.310.